The number of nitrogens with one attached hydrogen (secondary N) is 2. The lowest BCUT2D eigenvalue weighted by molar-refractivity contribution is -0.147. The van der Waals surface area contributed by atoms with Gasteiger partial charge in [0.2, 0.25) is 11.8 Å². The van der Waals surface area contributed by atoms with Crippen molar-refractivity contribution in [3.05, 3.63) is 0 Å². The minimum Gasteiger partial charge on any atom is -0.444 e. The summed E-state index contributed by atoms with van der Waals surface area (Å²) in [6.45, 7) is 7.85. The molecule has 1 saturated carbocycles. The molecule has 9 nitrogen and oxygen atoms in total. The number of amides is 3. The SMILES string of the molecule is CCOC(O)C12CC1C#CCCCCCCC(NC(=O)OC(C)(C)C)C(=O)N1CCCC1C(=O)N2. The fourth-order valence-electron chi connectivity index (χ4n) is 4.87. The second-order valence-electron chi connectivity index (χ2n) is 10.8. The number of hydrogen-bond donors (Lipinski definition) is 3. The Balaban J connectivity index is 1.81. The van der Waals surface area contributed by atoms with Crippen molar-refractivity contribution in [1.82, 2.24) is 15.5 Å². The molecule has 3 N–H and O–H groups in total. The molecule has 5 atom stereocenters. The fourth-order valence-corrected chi connectivity index (χ4v) is 4.87. The summed E-state index contributed by atoms with van der Waals surface area (Å²) in [6.07, 6.45) is 4.73. The summed E-state index contributed by atoms with van der Waals surface area (Å²) in [5.41, 5.74) is -1.64. The number of alkyl carbamates (subject to hydrolysis) is 1. The number of ether oxygens (including phenoxy) is 2. The molecule has 0 spiro atoms. The van der Waals surface area contributed by atoms with Crippen molar-refractivity contribution in [3.63, 3.8) is 0 Å². The number of nitrogens with zero attached hydrogens (tertiary/aromatic N) is 1. The Kier molecular flexibility index (Phi) is 9.05. The third kappa shape index (κ3) is 7.11. The van der Waals surface area contributed by atoms with Gasteiger partial charge in [-0.3, -0.25) is 9.59 Å². The summed E-state index contributed by atoms with van der Waals surface area (Å²) in [5, 5.41) is 16.4. The topological polar surface area (TPSA) is 117 Å². The number of hydrogen-bond acceptors (Lipinski definition) is 6. The van der Waals surface area contributed by atoms with Crippen LogP contribution in [0.2, 0.25) is 0 Å². The lowest BCUT2D eigenvalue weighted by Gasteiger charge is -2.31. The van der Waals surface area contributed by atoms with Gasteiger partial charge in [0.15, 0.2) is 6.29 Å². The Morgan fingerprint density at radius 1 is 1.23 bits per heavy atom. The first kappa shape index (κ1) is 27.3. The van der Waals surface area contributed by atoms with Gasteiger partial charge in [0.1, 0.15) is 23.2 Å². The molecule has 2 aliphatic heterocycles. The quantitative estimate of drug-likeness (QED) is 0.411. The van der Waals surface area contributed by atoms with E-state index in [1.807, 2.05) is 0 Å². The lowest BCUT2D eigenvalue weighted by atomic mass is 10.0. The second kappa shape index (κ2) is 11.6. The molecule has 1 saturated heterocycles. The van der Waals surface area contributed by atoms with Gasteiger partial charge in [0.25, 0.3) is 0 Å². The van der Waals surface area contributed by atoms with Gasteiger partial charge in [-0.1, -0.05) is 25.2 Å². The standard InChI is InChI=1S/C26H41N3O6/c1-5-34-23(32)26-17-18(26)13-10-8-6-7-9-11-14-19(27-24(33)35-25(2,3)4)22(31)29-16-12-15-20(29)21(30)28-26/h18-20,23,32H,5-9,11-12,14-17H2,1-4H3,(H,27,33)(H,28,30). The minimum absolute atomic E-state index is 0.187. The van der Waals surface area contributed by atoms with E-state index in [0.29, 0.717) is 38.8 Å². The first-order chi connectivity index (χ1) is 16.6. The maximum absolute atomic E-state index is 13.6. The summed E-state index contributed by atoms with van der Waals surface area (Å²) >= 11 is 0. The van der Waals surface area contributed by atoms with E-state index in [1.54, 1.807) is 32.6 Å². The lowest BCUT2D eigenvalue weighted by Crippen LogP contribution is -2.57. The van der Waals surface area contributed by atoms with Crippen LogP contribution in [-0.2, 0) is 19.1 Å². The average Bonchev–Trinajstić information content (AvgIpc) is 3.23. The van der Waals surface area contributed by atoms with E-state index in [9.17, 15) is 19.5 Å². The van der Waals surface area contributed by atoms with Crippen molar-refractivity contribution in [2.45, 2.75) is 115 Å². The van der Waals surface area contributed by atoms with Crippen LogP contribution in [0, 0.1) is 17.8 Å². The summed E-state index contributed by atoms with van der Waals surface area (Å²) in [4.78, 5) is 41.0. The number of aliphatic hydroxyl groups is 1. The van der Waals surface area contributed by atoms with Gasteiger partial charge in [-0.2, -0.15) is 0 Å². The summed E-state index contributed by atoms with van der Waals surface area (Å²) in [5.74, 6) is 5.63. The van der Waals surface area contributed by atoms with E-state index in [0.717, 1.165) is 32.1 Å². The van der Waals surface area contributed by atoms with Crippen LogP contribution in [0.4, 0.5) is 4.79 Å². The van der Waals surface area contributed by atoms with Crippen LogP contribution in [0.5, 0.6) is 0 Å². The van der Waals surface area contributed by atoms with Gasteiger partial charge in [0, 0.05) is 19.6 Å². The predicted molar refractivity (Wildman–Crippen MR) is 130 cm³/mol. The number of fused-ring (bicyclic) bond motifs is 2. The monoisotopic (exact) mass is 491 g/mol. The predicted octanol–water partition coefficient (Wildman–Crippen LogP) is 2.46. The minimum atomic E-state index is -1.17. The molecule has 2 heterocycles. The van der Waals surface area contributed by atoms with Crippen molar-refractivity contribution in [3.8, 4) is 11.8 Å². The highest BCUT2D eigenvalue weighted by molar-refractivity contribution is 5.92. The highest BCUT2D eigenvalue weighted by atomic mass is 16.6. The maximum atomic E-state index is 13.6. The van der Waals surface area contributed by atoms with Crippen molar-refractivity contribution >= 4 is 17.9 Å². The van der Waals surface area contributed by atoms with Crippen LogP contribution in [0.25, 0.3) is 0 Å². The fraction of sp³-hybridized carbons (Fsp3) is 0.808. The van der Waals surface area contributed by atoms with E-state index in [-0.39, 0.29) is 17.7 Å². The van der Waals surface area contributed by atoms with Crippen LogP contribution in [0.15, 0.2) is 0 Å². The molecule has 1 aliphatic carbocycles. The molecule has 35 heavy (non-hydrogen) atoms. The van der Waals surface area contributed by atoms with Crippen molar-refractivity contribution < 1.29 is 29.0 Å². The third-order valence-corrected chi connectivity index (χ3v) is 6.77. The van der Waals surface area contributed by atoms with Gasteiger partial charge < -0.3 is 30.1 Å². The largest absolute Gasteiger partial charge is 0.444 e. The van der Waals surface area contributed by atoms with Crippen molar-refractivity contribution in [1.29, 1.82) is 0 Å². The molecular weight excluding hydrogens is 450 g/mol. The zero-order valence-electron chi connectivity index (χ0n) is 21.5. The summed E-state index contributed by atoms with van der Waals surface area (Å²) < 4.78 is 10.8. The molecule has 3 aliphatic rings. The molecule has 0 bridgehead atoms. The normalized spacial score (nSPS) is 30.8. The van der Waals surface area contributed by atoms with Crippen molar-refractivity contribution in [2.24, 2.45) is 5.92 Å². The number of carbonyl (C=O) groups is 3. The molecule has 9 heteroatoms. The Bertz CT molecular complexity index is 844. The Hall–Kier alpha value is -2.31. The van der Waals surface area contributed by atoms with E-state index in [4.69, 9.17) is 9.47 Å². The molecular formula is C26H41N3O6. The number of rotatable bonds is 4. The van der Waals surface area contributed by atoms with Crippen LogP contribution in [0.3, 0.4) is 0 Å². The smallest absolute Gasteiger partial charge is 0.408 e. The summed E-state index contributed by atoms with van der Waals surface area (Å²) in [7, 11) is 0. The maximum Gasteiger partial charge on any atom is 0.408 e. The first-order valence-corrected chi connectivity index (χ1v) is 13.0. The van der Waals surface area contributed by atoms with Gasteiger partial charge in [0.05, 0.1) is 5.92 Å². The summed E-state index contributed by atoms with van der Waals surface area (Å²) in [6, 6.07) is -1.43. The Morgan fingerprint density at radius 3 is 2.69 bits per heavy atom. The molecule has 196 valence electrons. The molecule has 2 fully saturated rings. The van der Waals surface area contributed by atoms with Gasteiger partial charge in [-0.05, 0) is 59.8 Å². The number of aliphatic hydroxyl groups excluding tert-OH is 1. The van der Waals surface area contributed by atoms with Crippen LogP contribution >= 0.6 is 0 Å². The van der Waals surface area contributed by atoms with Gasteiger partial charge in [-0.15, -0.1) is 5.92 Å². The van der Waals surface area contributed by atoms with Crippen LogP contribution in [-0.4, -0.2) is 70.6 Å². The van der Waals surface area contributed by atoms with Gasteiger partial charge in [-0.25, -0.2) is 4.79 Å². The van der Waals surface area contributed by atoms with E-state index < -0.39 is 35.6 Å². The van der Waals surface area contributed by atoms with Gasteiger partial charge >= 0.3 is 6.09 Å². The van der Waals surface area contributed by atoms with Crippen molar-refractivity contribution in [2.75, 3.05) is 13.2 Å². The van der Waals surface area contributed by atoms with Crippen LogP contribution < -0.4 is 10.6 Å². The van der Waals surface area contributed by atoms with E-state index >= 15 is 0 Å². The Labute approximate surface area is 208 Å². The molecule has 3 rings (SSSR count). The zero-order chi connectivity index (χ0) is 25.6. The zero-order valence-corrected chi connectivity index (χ0v) is 21.5. The number of carbonyl (C=O) groups excluding carboxylic acids is 3. The highest BCUT2D eigenvalue weighted by Crippen LogP contribution is 2.46. The first-order valence-electron chi connectivity index (χ1n) is 13.0. The molecule has 0 radical (unpaired) electrons. The Morgan fingerprint density at radius 2 is 1.97 bits per heavy atom. The highest BCUT2D eigenvalue weighted by Gasteiger charge is 2.61. The second-order valence-corrected chi connectivity index (χ2v) is 10.8. The molecule has 5 unspecified atom stereocenters. The average molecular weight is 492 g/mol. The molecule has 3 amide bonds. The van der Waals surface area contributed by atoms with E-state index in [1.165, 1.54) is 0 Å². The van der Waals surface area contributed by atoms with E-state index in [2.05, 4.69) is 22.5 Å². The molecule has 0 aromatic heterocycles. The third-order valence-electron chi connectivity index (χ3n) is 6.77. The molecule has 0 aromatic rings. The molecule has 0 aromatic carbocycles. The van der Waals surface area contributed by atoms with Crippen LogP contribution in [0.1, 0.15) is 85.5 Å².